The third-order valence-electron chi connectivity index (χ3n) is 4.05. The lowest BCUT2D eigenvalue weighted by Gasteiger charge is -2.02. The summed E-state index contributed by atoms with van der Waals surface area (Å²) in [7, 11) is 0. The first-order chi connectivity index (χ1) is 11.8. The minimum atomic E-state index is 0.699. The lowest BCUT2D eigenvalue weighted by Crippen LogP contribution is -2.03. The van der Waals surface area contributed by atoms with E-state index >= 15 is 0 Å². The molecule has 3 heterocycles. The summed E-state index contributed by atoms with van der Waals surface area (Å²) in [5, 5.41) is 12.7. The molecule has 0 radical (unpaired) electrons. The molecule has 1 N–H and O–H groups in total. The summed E-state index contributed by atoms with van der Waals surface area (Å²) in [4.78, 5) is 10.6. The van der Waals surface area contributed by atoms with E-state index in [0.717, 1.165) is 47.5 Å². The van der Waals surface area contributed by atoms with Crippen molar-refractivity contribution >= 4 is 28.4 Å². The van der Waals surface area contributed by atoms with Gasteiger partial charge in [0.15, 0.2) is 17.1 Å². The maximum Gasteiger partial charge on any atom is 0.186 e. The third kappa shape index (κ3) is 2.54. The van der Waals surface area contributed by atoms with E-state index in [1.165, 1.54) is 4.90 Å². The van der Waals surface area contributed by atoms with Crippen LogP contribution >= 0.6 is 11.8 Å². The first-order valence-electron chi connectivity index (χ1n) is 8.03. The maximum atomic E-state index is 4.75. The zero-order valence-corrected chi connectivity index (χ0v) is 14.5. The van der Waals surface area contributed by atoms with E-state index in [1.54, 1.807) is 11.8 Å². The van der Waals surface area contributed by atoms with E-state index in [1.807, 2.05) is 10.7 Å². The number of hydrogen-bond donors (Lipinski definition) is 1. The molecule has 0 saturated carbocycles. The highest BCUT2D eigenvalue weighted by molar-refractivity contribution is 7.98. The minimum Gasteiger partial charge on any atom is -0.283 e. The normalized spacial score (nSPS) is 11.6. The topological polar surface area (TPSA) is 71.8 Å². The number of aromatic nitrogens is 6. The number of H-pyrrole nitrogens is 1. The van der Waals surface area contributed by atoms with E-state index < -0.39 is 0 Å². The van der Waals surface area contributed by atoms with Gasteiger partial charge in [0.1, 0.15) is 5.82 Å². The van der Waals surface area contributed by atoms with Gasteiger partial charge in [-0.3, -0.25) is 5.10 Å². The van der Waals surface area contributed by atoms with Gasteiger partial charge >= 0.3 is 0 Å². The molecule has 4 rings (SSSR count). The molecule has 7 heteroatoms. The van der Waals surface area contributed by atoms with Crippen LogP contribution in [-0.2, 0) is 6.42 Å². The highest BCUT2D eigenvalue weighted by Crippen LogP contribution is 2.24. The van der Waals surface area contributed by atoms with Gasteiger partial charge in [-0.25, -0.2) is 9.97 Å². The second-order valence-corrected chi connectivity index (χ2v) is 6.53. The van der Waals surface area contributed by atoms with Crippen LogP contribution in [0, 0.1) is 0 Å². The fraction of sp³-hybridized carbons (Fsp3) is 0.294. The first-order valence-corrected chi connectivity index (χ1v) is 9.26. The molecule has 24 heavy (non-hydrogen) atoms. The van der Waals surface area contributed by atoms with Crippen LogP contribution in [0.25, 0.3) is 28.1 Å². The smallest absolute Gasteiger partial charge is 0.186 e. The lowest BCUT2D eigenvalue weighted by atomic mass is 10.2. The van der Waals surface area contributed by atoms with Gasteiger partial charge < -0.3 is 0 Å². The lowest BCUT2D eigenvalue weighted by molar-refractivity contribution is 0.718. The van der Waals surface area contributed by atoms with Crippen molar-refractivity contribution in [3.05, 3.63) is 36.3 Å². The quantitative estimate of drug-likeness (QED) is 0.561. The molecule has 122 valence electrons. The number of aromatic amines is 1. The fourth-order valence-corrected chi connectivity index (χ4v) is 3.14. The van der Waals surface area contributed by atoms with Crippen LogP contribution in [-0.4, -0.2) is 36.0 Å². The van der Waals surface area contributed by atoms with Crippen molar-refractivity contribution in [2.24, 2.45) is 0 Å². The van der Waals surface area contributed by atoms with Crippen molar-refractivity contribution in [2.75, 3.05) is 6.26 Å². The number of nitrogens with one attached hydrogen (secondary N) is 1. The Bertz CT molecular complexity index is 986. The number of benzene rings is 1. The van der Waals surface area contributed by atoms with Gasteiger partial charge in [-0.05, 0) is 24.8 Å². The Labute approximate surface area is 143 Å². The molecule has 0 aliphatic carbocycles. The average Bonchev–Trinajstić information content (AvgIpc) is 3.26. The molecule has 0 unspecified atom stereocenters. The molecule has 4 aromatic rings. The molecular weight excluding hydrogens is 320 g/mol. The number of thioether (sulfide) groups is 1. The third-order valence-corrected chi connectivity index (χ3v) is 4.79. The van der Waals surface area contributed by atoms with E-state index in [2.05, 4.69) is 52.6 Å². The number of hydrogen-bond acceptors (Lipinski definition) is 5. The van der Waals surface area contributed by atoms with Crippen LogP contribution in [0.1, 0.15) is 25.6 Å². The van der Waals surface area contributed by atoms with E-state index in [-0.39, 0.29) is 0 Å². The molecule has 0 bridgehead atoms. The molecule has 6 nitrogen and oxygen atoms in total. The summed E-state index contributed by atoms with van der Waals surface area (Å²) < 4.78 is 1.87. The maximum absolute atomic E-state index is 4.75. The summed E-state index contributed by atoms with van der Waals surface area (Å²) in [6.45, 7) is 2.17. The van der Waals surface area contributed by atoms with Crippen LogP contribution < -0.4 is 0 Å². The highest BCUT2D eigenvalue weighted by atomic mass is 32.2. The molecule has 0 atom stereocenters. The number of unbranched alkanes of at least 4 members (excludes halogenated alkanes) is 1. The summed E-state index contributed by atoms with van der Waals surface area (Å²) in [6.07, 6.45) is 6.94. The van der Waals surface area contributed by atoms with Gasteiger partial charge in [-0.2, -0.15) is 9.61 Å². The molecule has 1 aromatic carbocycles. The van der Waals surface area contributed by atoms with E-state index in [0.29, 0.717) is 5.65 Å². The molecular formula is C17H18N6S. The highest BCUT2D eigenvalue weighted by Gasteiger charge is 2.15. The van der Waals surface area contributed by atoms with Gasteiger partial charge in [-0.15, -0.1) is 16.9 Å². The van der Waals surface area contributed by atoms with Crippen LogP contribution in [0.15, 0.2) is 35.4 Å². The average molecular weight is 338 g/mol. The van der Waals surface area contributed by atoms with Crippen molar-refractivity contribution in [2.45, 2.75) is 31.1 Å². The second kappa shape index (κ2) is 6.24. The number of aryl methyl sites for hydroxylation is 1. The van der Waals surface area contributed by atoms with Crippen LogP contribution in [0.2, 0.25) is 0 Å². The van der Waals surface area contributed by atoms with Gasteiger partial charge in [0.2, 0.25) is 0 Å². The van der Waals surface area contributed by atoms with Gasteiger partial charge in [-0.1, -0.05) is 25.5 Å². The number of fused-ring (bicyclic) bond motifs is 3. The predicted molar refractivity (Wildman–Crippen MR) is 96.3 cm³/mol. The Kier molecular flexibility index (Phi) is 3.93. The zero-order valence-electron chi connectivity index (χ0n) is 13.7. The van der Waals surface area contributed by atoms with Crippen molar-refractivity contribution in [3.63, 3.8) is 0 Å². The van der Waals surface area contributed by atoms with Gasteiger partial charge in [0.05, 0.1) is 5.39 Å². The summed E-state index contributed by atoms with van der Waals surface area (Å²) in [5.74, 6) is 1.63. The summed E-state index contributed by atoms with van der Waals surface area (Å²) in [6, 6.07) is 8.31. The Balaban J connectivity index is 1.88. The Morgan fingerprint density at radius 2 is 2.00 bits per heavy atom. The first kappa shape index (κ1) is 15.1. The monoisotopic (exact) mass is 338 g/mol. The van der Waals surface area contributed by atoms with Crippen LogP contribution in [0.3, 0.4) is 0 Å². The summed E-state index contributed by atoms with van der Waals surface area (Å²) >= 11 is 1.72. The fourth-order valence-electron chi connectivity index (χ4n) is 2.73. The van der Waals surface area contributed by atoms with Gasteiger partial charge in [0.25, 0.3) is 0 Å². The zero-order chi connectivity index (χ0) is 16.5. The SMILES string of the molecule is CCCCc1nc2n[nH]cc2c2nc(-c3ccc(SC)cc3)nn12. The Morgan fingerprint density at radius 1 is 1.17 bits per heavy atom. The number of rotatable bonds is 5. The van der Waals surface area contributed by atoms with Crippen molar-refractivity contribution in [3.8, 4) is 11.4 Å². The molecule has 0 saturated heterocycles. The summed E-state index contributed by atoms with van der Waals surface area (Å²) in [5.41, 5.74) is 2.52. The van der Waals surface area contributed by atoms with Crippen molar-refractivity contribution < 1.29 is 0 Å². The van der Waals surface area contributed by atoms with E-state index in [9.17, 15) is 0 Å². The van der Waals surface area contributed by atoms with E-state index in [4.69, 9.17) is 10.1 Å². The standard InChI is InChI=1S/C17H18N6S/c1-3-4-5-14-19-16-13(10-18-21-16)17-20-15(22-23(14)17)11-6-8-12(24-2)9-7-11/h6-10H,3-5H2,1-2H3,(H,18,21). The molecule has 0 spiro atoms. The second-order valence-electron chi connectivity index (χ2n) is 5.65. The molecule has 3 aromatic heterocycles. The predicted octanol–water partition coefficient (Wildman–Crippen LogP) is 3.73. The molecule has 0 amide bonds. The van der Waals surface area contributed by atoms with Crippen LogP contribution in [0.4, 0.5) is 0 Å². The Morgan fingerprint density at radius 3 is 2.75 bits per heavy atom. The largest absolute Gasteiger partial charge is 0.283 e. The number of nitrogens with zero attached hydrogens (tertiary/aromatic N) is 5. The molecule has 0 aliphatic heterocycles. The molecule has 0 aliphatic rings. The molecule has 0 fully saturated rings. The van der Waals surface area contributed by atoms with Crippen molar-refractivity contribution in [1.82, 2.24) is 29.8 Å². The Hall–Kier alpha value is -2.41. The van der Waals surface area contributed by atoms with Gasteiger partial charge in [0, 0.05) is 23.1 Å². The van der Waals surface area contributed by atoms with Crippen LogP contribution in [0.5, 0.6) is 0 Å². The minimum absolute atomic E-state index is 0.699. The van der Waals surface area contributed by atoms with Crippen molar-refractivity contribution in [1.29, 1.82) is 0 Å².